The van der Waals surface area contributed by atoms with E-state index in [2.05, 4.69) is 16.2 Å². The summed E-state index contributed by atoms with van der Waals surface area (Å²) in [6.45, 7) is 0.973. The minimum Gasteiger partial charge on any atom is -0.364 e. The van der Waals surface area contributed by atoms with Crippen molar-refractivity contribution in [2.45, 2.75) is 13.0 Å². The maximum atomic E-state index is 12.6. The molecule has 1 aliphatic heterocycles. The van der Waals surface area contributed by atoms with Crippen molar-refractivity contribution >= 4 is 28.3 Å². The first kappa shape index (κ1) is 17.7. The van der Waals surface area contributed by atoms with E-state index in [-0.39, 0.29) is 18.0 Å². The third-order valence-corrected chi connectivity index (χ3v) is 4.83. The van der Waals surface area contributed by atoms with Gasteiger partial charge in [0.25, 0.3) is 11.5 Å². The van der Waals surface area contributed by atoms with Gasteiger partial charge >= 0.3 is 0 Å². The third kappa shape index (κ3) is 3.44. The molecule has 0 radical (unpaired) electrons. The SMILES string of the molecule is NC(=O)c1cc2ccc(C3=CCCN(C(=O)Cn4ncccc4=O)C3)cc2[nH]1. The number of nitrogens with two attached hydrogens (primary N) is 1. The van der Waals surface area contributed by atoms with E-state index in [0.717, 1.165) is 33.1 Å². The van der Waals surface area contributed by atoms with Crippen molar-refractivity contribution in [3.8, 4) is 0 Å². The van der Waals surface area contributed by atoms with E-state index < -0.39 is 5.91 Å². The van der Waals surface area contributed by atoms with Crippen molar-refractivity contribution in [2.75, 3.05) is 13.1 Å². The van der Waals surface area contributed by atoms with Crippen molar-refractivity contribution in [1.29, 1.82) is 0 Å². The van der Waals surface area contributed by atoms with Crippen molar-refractivity contribution < 1.29 is 9.59 Å². The van der Waals surface area contributed by atoms with Crippen LogP contribution in [0.5, 0.6) is 0 Å². The lowest BCUT2D eigenvalue weighted by Crippen LogP contribution is -2.39. The highest BCUT2D eigenvalue weighted by molar-refractivity contribution is 5.97. The van der Waals surface area contributed by atoms with Gasteiger partial charge in [-0.1, -0.05) is 18.2 Å². The molecule has 1 aliphatic rings. The molecule has 4 rings (SSSR count). The Morgan fingerprint density at radius 2 is 2.07 bits per heavy atom. The number of aromatic nitrogens is 3. The van der Waals surface area contributed by atoms with Gasteiger partial charge in [0.15, 0.2) is 0 Å². The van der Waals surface area contributed by atoms with Crippen LogP contribution in [0.3, 0.4) is 0 Å². The fraction of sp³-hybridized carbons (Fsp3) is 0.200. The molecule has 1 aromatic carbocycles. The second kappa shape index (κ2) is 7.15. The molecule has 3 N–H and O–H groups in total. The van der Waals surface area contributed by atoms with Crippen molar-refractivity contribution in [3.63, 3.8) is 0 Å². The van der Waals surface area contributed by atoms with Gasteiger partial charge < -0.3 is 15.6 Å². The molecule has 2 amide bonds. The van der Waals surface area contributed by atoms with E-state index in [4.69, 9.17) is 5.73 Å². The van der Waals surface area contributed by atoms with Crippen LogP contribution in [0.15, 0.2) is 53.5 Å². The molecule has 0 aliphatic carbocycles. The van der Waals surface area contributed by atoms with Crippen LogP contribution in [0, 0.1) is 0 Å². The van der Waals surface area contributed by atoms with Gasteiger partial charge in [0, 0.05) is 36.3 Å². The molecule has 2 aromatic heterocycles. The molecule has 8 heteroatoms. The van der Waals surface area contributed by atoms with Crippen LogP contribution in [0.1, 0.15) is 22.5 Å². The second-order valence-electron chi connectivity index (χ2n) is 6.70. The average Bonchev–Trinajstić information content (AvgIpc) is 3.13. The summed E-state index contributed by atoms with van der Waals surface area (Å²) in [5, 5.41) is 4.84. The molecular weight excluding hydrogens is 358 g/mol. The number of hydrogen-bond acceptors (Lipinski definition) is 4. The number of nitrogens with one attached hydrogen (secondary N) is 1. The molecule has 8 nitrogen and oxygen atoms in total. The summed E-state index contributed by atoms with van der Waals surface area (Å²) in [5.74, 6) is -0.653. The topological polar surface area (TPSA) is 114 Å². The highest BCUT2D eigenvalue weighted by Crippen LogP contribution is 2.25. The van der Waals surface area contributed by atoms with E-state index in [1.54, 1.807) is 17.0 Å². The zero-order valence-electron chi connectivity index (χ0n) is 15.1. The predicted molar refractivity (Wildman–Crippen MR) is 104 cm³/mol. The lowest BCUT2D eigenvalue weighted by atomic mass is 10.00. The quantitative estimate of drug-likeness (QED) is 0.709. The summed E-state index contributed by atoms with van der Waals surface area (Å²) < 4.78 is 1.16. The maximum Gasteiger partial charge on any atom is 0.267 e. The van der Waals surface area contributed by atoms with Crippen LogP contribution >= 0.6 is 0 Å². The molecule has 142 valence electrons. The lowest BCUT2D eigenvalue weighted by Gasteiger charge is -2.27. The Balaban J connectivity index is 1.53. The standard InChI is InChI=1S/C20H19N5O3/c21-20(28)17-10-14-6-5-13(9-16(14)23-17)15-3-2-8-24(11-15)19(27)12-25-18(26)4-1-7-22-25/h1,3-7,9-10,23H,2,8,11-12H2,(H2,21,28). The maximum absolute atomic E-state index is 12.6. The average molecular weight is 377 g/mol. The second-order valence-corrected chi connectivity index (χ2v) is 6.70. The van der Waals surface area contributed by atoms with Crippen LogP contribution in [0.2, 0.25) is 0 Å². The van der Waals surface area contributed by atoms with Gasteiger partial charge in [-0.2, -0.15) is 5.10 Å². The Bertz CT molecular complexity index is 1160. The smallest absolute Gasteiger partial charge is 0.267 e. The first-order valence-electron chi connectivity index (χ1n) is 8.93. The largest absolute Gasteiger partial charge is 0.364 e. The minimum atomic E-state index is -0.504. The number of nitrogens with zero attached hydrogens (tertiary/aromatic N) is 3. The molecule has 3 heterocycles. The third-order valence-electron chi connectivity index (χ3n) is 4.83. The zero-order chi connectivity index (χ0) is 19.7. The number of benzene rings is 1. The molecule has 0 saturated heterocycles. The van der Waals surface area contributed by atoms with Gasteiger partial charge in [-0.15, -0.1) is 0 Å². The van der Waals surface area contributed by atoms with Crippen LogP contribution in [0.4, 0.5) is 0 Å². The number of fused-ring (bicyclic) bond motifs is 1. The highest BCUT2D eigenvalue weighted by Gasteiger charge is 2.20. The van der Waals surface area contributed by atoms with Gasteiger partial charge in [0.1, 0.15) is 12.2 Å². The monoisotopic (exact) mass is 377 g/mol. The summed E-state index contributed by atoms with van der Waals surface area (Å²) in [5.41, 5.74) is 8.20. The normalized spacial score (nSPS) is 14.1. The minimum absolute atomic E-state index is 0.0788. The van der Waals surface area contributed by atoms with Crippen LogP contribution < -0.4 is 11.3 Å². The fourth-order valence-electron chi connectivity index (χ4n) is 3.36. The number of carbonyl (C=O) groups excluding carboxylic acids is 2. The number of aromatic amines is 1. The van der Waals surface area contributed by atoms with Gasteiger partial charge in [-0.3, -0.25) is 14.4 Å². The van der Waals surface area contributed by atoms with Gasteiger partial charge in [0.2, 0.25) is 5.91 Å². The van der Waals surface area contributed by atoms with E-state index in [9.17, 15) is 14.4 Å². The number of carbonyl (C=O) groups is 2. The molecule has 0 spiro atoms. The van der Waals surface area contributed by atoms with E-state index in [1.165, 1.54) is 12.3 Å². The zero-order valence-corrected chi connectivity index (χ0v) is 15.1. The molecule has 0 bridgehead atoms. The van der Waals surface area contributed by atoms with Crippen molar-refractivity contribution in [2.24, 2.45) is 5.73 Å². The van der Waals surface area contributed by atoms with E-state index in [0.29, 0.717) is 18.8 Å². The van der Waals surface area contributed by atoms with Crippen LogP contribution in [0.25, 0.3) is 16.5 Å². The summed E-state index contributed by atoms with van der Waals surface area (Å²) in [6, 6.07) is 10.5. The van der Waals surface area contributed by atoms with Gasteiger partial charge in [-0.25, -0.2) is 4.68 Å². The van der Waals surface area contributed by atoms with Gasteiger partial charge in [0.05, 0.1) is 0 Å². The van der Waals surface area contributed by atoms with Gasteiger partial charge in [-0.05, 0) is 35.8 Å². The Morgan fingerprint density at radius 1 is 1.21 bits per heavy atom. The number of amides is 2. The number of rotatable bonds is 4. The first-order valence-corrected chi connectivity index (χ1v) is 8.93. The Hall–Kier alpha value is -3.68. The summed E-state index contributed by atoms with van der Waals surface area (Å²) in [6.07, 6.45) is 4.32. The number of primary amides is 1. The molecular formula is C20H19N5O3. The van der Waals surface area contributed by atoms with Crippen LogP contribution in [-0.2, 0) is 11.3 Å². The highest BCUT2D eigenvalue weighted by atomic mass is 16.2. The summed E-state index contributed by atoms with van der Waals surface area (Å²) >= 11 is 0. The number of hydrogen-bond donors (Lipinski definition) is 2. The fourth-order valence-corrected chi connectivity index (χ4v) is 3.36. The van der Waals surface area contributed by atoms with Crippen molar-refractivity contribution in [3.05, 3.63) is 70.3 Å². The van der Waals surface area contributed by atoms with Crippen LogP contribution in [-0.4, -0.2) is 44.6 Å². The molecule has 0 saturated carbocycles. The molecule has 3 aromatic rings. The Morgan fingerprint density at radius 3 is 2.86 bits per heavy atom. The summed E-state index contributed by atoms with van der Waals surface area (Å²) in [7, 11) is 0. The van der Waals surface area contributed by atoms with Crippen molar-refractivity contribution in [1.82, 2.24) is 19.7 Å². The summed E-state index contributed by atoms with van der Waals surface area (Å²) in [4.78, 5) is 40.5. The molecule has 28 heavy (non-hydrogen) atoms. The van der Waals surface area contributed by atoms with E-state index >= 15 is 0 Å². The molecule has 0 unspecified atom stereocenters. The Labute approximate surface area is 160 Å². The van der Waals surface area contributed by atoms with E-state index in [1.807, 2.05) is 18.2 Å². The lowest BCUT2D eigenvalue weighted by molar-refractivity contribution is -0.131. The predicted octanol–water partition coefficient (Wildman–Crippen LogP) is 1.14. The first-order chi connectivity index (χ1) is 13.5. The molecule has 0 fully saturated rings. The number of H-pyrrole nitrogens is 1. The molecule has 0 atom stereocenters. The Kier molecular flexibility index (Phi) is 4.52.